The molecule has 1 fully saturated rings. The molecule has 0 radical (unpaired) electrons. The minimum absolute atomic E-state index is 0.0216. The van der Waals surface area contributed by atoms with Gasteiger partial charge in [-0.25, -0.2) is 0 Å². The summed E-state index contributed by atoms with van der Waals surface area (Å²) in [6.45, 7) is 3.70. The fraction of sp³-hybridized carbons (Fsp3) is 0.300. The third-order valence-corrected chi connectivity index (χ3v) is 4.84. The Balaban J connectivity index is 1.56. The highest BCUT2D eigenvalue weighted by Gasteiger charge is 2.43. The second-order valence-corrected chi connectivity index (χ2v) is 7.63. The first-order valence-electron chi connectivity index (χ1n) is 8.41. The third kappa shape index (κ3) is 4.48. The second-order valence-electron chi connectivity index (χ2n) is 6.71. The highest BCUT2D eigenvalue weighted by molar-refractivity contribution is 9.10. The molecule has 0 spiro atoms. The van der Waals surface area contributed by atoms with Crippen LogP contribution in [-0.2, 0) is 9.59 Å². The summed E-state index contributed by atoms with van der Waals surface area (Å²) in [6, 6.07) is 15.3. The van der Waals surface area contributed by atoms with E-state index in [4.69, 9.17) is 0 Å². The van der Waals surface area contributed by atoms with Gasteiger partial charge in [0.25, 0.3) is 0 Å². The van der Waals surface area contributed by atoms with Gasteiger partial charge in [0, 0.05) is 27.7 Å². The van der Waals surface area contributed by atoms with Crippen LogP contribution >= 0.6 is 15.9 Å². The average molecular weight is 401 g/mol. The molecule has 2 atom stereocenters. The largest absolute Gasteiger partial charge is 0.326 e. The molecule has 25 heavy (non-hydrogen) atoms. The summed E-state index contributed by atoms with van der Waals surface area (Å²) in [5, 5.41) is 5.79. The van der Waals surface area contributed by atoms with Crippen LogP contribution in [0, 0.1) is 11.8 Å². The van der Waals surface area contributed by atoms with Crippen molar-refractivity contribution in [2.24, 2.45) is 11.8 Å². The first-order chi connectivity index (χ1) is 11.9. The smallest absolute Gasteiger partial charge is 0.228 e. The van der Waals surface area contributed by atoms with Crippen LogP contribution in [0.3, 0.4) is 0 Å². The van der Waals surface area contributed by atoms with Crippen LogP contribution in [0.15, 0.2) is 53.0 Å². The monoisotopic (exact) mass is 400 g/mol. The molecular formula is C20H21BrN2O2. The van der Waals surface area contributed by atoms with Gasteiger partial charge in [0.1, 0.15) is 0 Å². The minimum atomic E-state index is -0.0656. The van der Waals surface area contributed by atoms with Gasteiger partial charge in [-0.3, -0.25) is 9.59 Å². The average Bonchev–Trinajstić information content (AvgIpc) is 3.37. The number of amides is 2. The molecule has 2 amide bonds. The SMILES string of the molecule is CC(C)C(=O)Nc1ccc(NC(=O)C2CC2c2cccc(Br)c2)cc1. The molecule has 0 saturated heterocycles. The number of carbonyl (C=O) groups is 2. The molecule has 1 saturated carbocycles. The highest BCUT2D eigenvalue weighted by Crippen LogP contribution is 2.48. The van der Waals surface area contributed by atoms with Gasteiger partial charge in [-0.1, -0.05) is 41.9 Å². The maximum Gasteiger partial charge on any atom is 0.228 e. The number of anilines is 2. The van der Waals surface area contributed by atoms with Crippen LogP contribution in [0.1, 0.15) is 31.7 Å². The van der Waals surface area contributed by atoms with E-state index in [1.54, 1.807) is 12.1 Å². The molecule has 5 heteroatoms. The summed E-state index contributed by atoms with van der Waals surface area (Å²) < 4.78 is 1.04. The summed E-state index contributed by atoms with van der Waals surface area (Å²) in [5.41, 5.74) is 2.67. The fourth-order valence-electron chi connectivity index (χ4n) is 2.75. The van der Waals surface area contributed by atoms with Crippen molar-refractivity contribution < 1.29 is 9.59 Å². The summed E-state index contributed by atoms with van der Waals surface area (Å²) in [6.07, 6.45) is 0.880. The van der Waals surface area contributed by atoms with Crippen LogP contribution in [-0.4, -0.2) is 11.8 Å². The van der Waals surface area contributed by atoms with Gasteiger partial charge in [0.15, 0.2) is 0 Å². The lowest BCUT2D eigenvalue weighted by Gasteiger charge is -2.09. The highest BCUT2D eigenvalue weighted by atomic mass is 79.9. The maximum atomic E-state index is 12.4. The number of carbonyl (C=O) groups excluding carboxylic acids is 2. The van der Waals surface area contributed by atoms with Crippen molar-refractivity contribution in [3.8, 4) is 0 Å². The van der Waals surface area contributed by atoms with Crippen molar-refractivity contribution in [2.75, 3.05) is 10.6 Å². The third-order valence-electron chi connectivity index (χ3n) is 4.35. The first kappa shape index (κ1) is 17.7. The van der Waals surface area contributed by atoms with E-state index in [-0.39, 0.29) is 23.7 Å². The van der Waals surface area contributed by atoms with Gasteiger partial charge in [-0.2, -0.15) is 0 Å². The molecule has 3 rings (SSSR count). The Morgan fingerprint density at radius 1 is 1.04 bits per heavy atom. The number of halogens is 1. The van der Waals surface area contributed by atoms with E-state index in [0.717, 1.165) is 22.3 Å². The molecule has 0 heterocycles. The van der Waals surface area contributed by atoms with Gasteiger partial charge in [-0.05, 0) is 54.3 Å². The van der Waals surface area contributed by atoms with Gasteiger partial charge >= 0.3 is 0 Å². The van der Waals surface area contributed by atoms with Crippen LogP contribution in [0.4, 0.5) is 11.4 Å². The number of hydrogen-bond donors (Lipinski definition) is 2. The Labute approximate surface area is 156 Å². The van der Waals surface area contributed by atoms with Crippen molar-refractivity contribution in [2.45, 2.75) is 26.2 Å². The second kappa shape index (κ2) is 7.40. The van der Waals surface area contributed by atoms with Crippen LogP contribution in [0.2, 0.25) is 0 Å². The first-order valence-corrected chi connectivity index (χ1v) is 9.20. The Kier molecular flexibility index (Phi) is 5.23. The van der Waals surface area contributed by atoms with E-state index in [1.807, 2.05) is 38.1 Å². The lowest BCUT2D eigenvalue weighted by atomic mass is 10.1. The Hall–Kier alpha value is -2.14. The molecule has 2 aromatic rings. The summed E-state index contributed by atoms with van der Waals surface area (Å²) in [4.78, 5) is 24.1. The quantitative estimate of drug-likeness (QED) is 0.757. The summed E-state index contributed by atoms with van der Waals surface area (Å²) in [5.74, 6) is 0.275. The fourth-order valence-corrected chi connectivity index (χ4v) is 3.17. The van der Waals surface area contributed by atoms with Gasteiger partial charge < -0.3 is 10.6 Å². The zero-order valence-corrected chi connectivity index (χ0v) is 15.8. The Morgan fingerprint density at radius 2 is 1.68 bits per heavy atom. The number of nitrogens with one attached hydrogen (secondary N) is 2. The minimum Gasteiger partial charge on any atom is -0.326 e. The predicted molar refractivity (Wildman–Crippen MR) is 104 cm³/mol. The number of benzene rings is 2. The molecule has 1 aliphatic carbocycles. The molecule has 2 aromatic carbocycles. The normalized spacial score (nSPS) is 18.7. The zero-order chi connectivity index (χ0) is 18.0. The van der Waals surface area contributed by atoms with Crippen molar-refractivity contribution in [1.82, 2.24) is 0 Å². The summed E-state index contributed by atoms with van der Waals surface area (Å²) >= 11 is 3.47. The van der Waals surface area contributed by atoms with Gasteiger partial charge in [-0.15, -0.1) is 0 Å². The molecule has 0 aromatic heterocycles. The van der Waals surface area contributed by atoms with Gasteiger partial charge in [0.05, 0.1) is 0 Å². The zero-order valence-electron chi connectivity index (χ0n) is 14.3. The van der Waals surface area contributed by atoms with E-state index >= 15 is 0 Å². The maximum absolute atomic E-state index is 12.4. The van der Waals surface area contributed by atoms with Gasteiger partial charge in [0.2, 0.25) is 11.8 Å². The van der Waals surface area contributed by atoms with Crippen LogP contribution in [0.25, 0.3) is 0 Å². The van der Waals surface area contributed by atoms with E-state index in [2.05, 4.69) is 38.7 Å². The van der Waals surface area contributed by atoms with Crippen molar-refractivity contribution in [1.29, 1.82) is 0 Å². The molecule has 0 bridgehead atoms. The topological polar surface area (TPSA) is 58.2 Å². The Morgan fingerprint density at radius 3 is 2.28 bits per heavy atom. The standard InChI is InChI=1S/C20H21BrN2O2/c1-12(2)19(24)22-15-6-8-16(9-7-15)23-20(25)18-11-17(18)13-4-3-5-14(21)10-13/h3-10,12,17-18H,11H2,1-2H3,(H,22,24)(H,23,25). The predicted octanol–water partition coefficient (Wildman–Crippen LogP) is 4.79. The lowest BCUT2D eigenvalue weighted by Crippen LogP contribution is -2.18. The molecular weight excluding hydrogens is 380 g/mol. The molecule has 2 N–H and O–H groups in total. The lowest BCUT2D eigenvalue weighted by molar-refractivity contribution is -0.119. The van der Waals surface area contributed by atoms with Crippen molar-refractivity contribution >= 4 is 39.1 Å². The van der Waals surface area contributed by atoms with Crippen molar-refractivity contribution in [3.63, 3.8) is 0 Å². The van der Waals surface area contributed by atoms with Crippen LogP contribution < -0.4 is 10.6 Å². The van der Waals surface area contributed by atoms with E-state index < -0.39 is 0 Å². The number of rotatable bonds is 5. The van der Waals surface area contributed by atoms with E-state index in [1.165, 1.54) is 5.56 Å². The molecule has 0 aliphatic heterocycles. The van der Waals surface area contributed by atoms with E-state index in [9.17, 15) is 9.59 Å². The van der Waals surface area contributed by atoms with E-state index in [0.29, 0.717) is 5.92 Å². The van der Waals surface area contributed by atoms with Crippen molar-refractivity contribution in [3.05, 3.63) is 58.6 Å². The number of hydrogen-bond acceptors (Lipinski definition) is 2. The molecule has 2 unspecified atom stereocenters. The Bertz CT molecular complexity index is 787. The molecule has 1 aliphatic rings. The molecule has 4 nitrogen and oxygen atoms in total. The summed E-state index contributed by atoms with van der Waals surface area (Å²) in [7, 11) is 0. The molecule has 130 valence electrons. The van der Waals surface area contributed by atoms with Crippen LogP contribution in [0.5, 0.6) is 0 Å².